The SMILES string of the molecule is CCOC(=O)c1oc2ccccc2c1CN1CCN(C(=O)C2CC2)CC1. The van der Waals surface area contributed by atoms with Crippen molar-refractivity contribution < 1.29 is 18.7 Å². The lowest BCUT2D eigenvalue weighted by Gasteiger charge is -2.34. The highest BCUT2D eigenvalue weighted by Gasteiger charge is 2.35. The van der Waals surface area contributed by atoms with Gasteiger partial charge in [-0.1, -0.05) is 18.2 Å². The number of nitrogens with zero attached hydrogens (tertiary/aromatic N) is 2. The molecular formula is C20H24N2O4. The molecule has 0 atom stereocenters. The van der Waals surface area contributed by atoms with Gasteiger partial charge in [-0.15, -0.1) is 0 Å². The zero-order chi connectivity index (χ0) is 18.1. The third-order valence-electron chi connectivity index (χ3n) is 5.15. The Balaban J connectivity index is 1.50. The lowest BCUT2D eigenvalue weighted by Crippen LogP contribution is -2.48. The first kappa shape index (κ1) is 17.1. The zero-order valence-electron chi connectivity index (χ0n) is 15.1. The van der Waals surface area contributed by atoms with Crippen LogP contribution in [0.5, 0.6) is 0 Å². The minimum Gasteiger partial charge on any atom is -0.460 e. The largest absolute Gasteiger partial charge is 0.460 e. The highest BCUT2D eigenvalue weighted by Crippen LogP contribution is 2.32. The molecule has 1 aliphatic carbocycles. The van der Waals surface area contributed by atoms with Crippen molar-refractivity contribution in [3.8, 4) is 0 Å². The van der Waals surface area contributed by atoms with Crippen LogP contribution in [0, 0.1) is 5.92 Å². The fourth-order valence-electron chi connectivity index (χ4n) is 3.56. The summed E-state index contributed by atoms with van der Waals surface area (Å²) in [6.45, 7) is 5.84. The van der Waals surface area contributed by atoms with Crippen molar-refractivity contribution in [3.05, 3.63) is 35.6 Å². The molecule has 2 aromatic rings. The number of furan rings is 1. The van der Waals surface area contributed by atoms with Crippen LogP contribution in [0.1, 0.15) is 35.9 Å². The Labute approximate surface area is 152 Å². The lowest BCUT2D eigenvalue weighted by molar-refractivity contribution is -0.134. The lowest BCUT2D eigenvalue weighted by atomic mass is 10.1. The van der Waals surface area contributed by atoms with Gasteiger partial charge < -0.3 is 14.1 Å². The Morgan fingerprint density at radius 1 is 1.15 bits per heavy atom. The molecule has 0 N–H and O–H groups in total. The number of benzene rings is 1. The van der Waals surface area contributed by atoms with Gasteiger partial charge in [0.25, 0.3) is 0 Å². The van der Waals surface area contributed by atoms with Crippen LogP contribution in [-0.2, 0) is 16.1 Å². The summed E-state index contributed by atoms with van der Waals surface area (Å²) in [4.78, 5) is 28.8. The molecule has 1 saturated carbocycles. The van der Waals surface area contributed by atoms with E-state index in [4.69, 9.17) is 9.15 Å². The van der Waals surface area contributed by atoms with E-state index < -0.39 is 5.97 Å². The predicted molar refractivity (Wildman–Crippen MR) is 96.8 cm³/mol. The molecule has 1 aromatic heterocycles. The first-order valence-corrected chi connectivity index (χ1v) is 9.36. The molecular weight excluding hydrogens is 332 g/mol. The van der Waals surface area contributed by atoms with Gasteiger partial charge in [-0.2, -0.15) is 0 Å². The van der Waals surface area contributed by atoms with E-state index >= 15 is 0 Å². The van der Waals surface area contributed by atoms with Crippen molar-refractivity contribution in [1.82, 2.24) is 9.80 Å². The number of rotatable bonds is 5. The summed E-state index contributed by atoms with van der Waals surface area (Å²) in [6.07, 6.45) is 2.09. The molecule has 0 spiro atoms. The fraction of sp³-hybridized carbons (Fsp3) is 0.500. The fourth-order valence-corrected chi connectivity index (χ4v) is 3.56. The summed E-state index contributed by atoms with van der Waals surface area (Å²) in [5.41, 5.74) is 1.58. The molecule has 0 bridgehead atoms. The van der Waals surface area contributed by atoms with Crippen LogP contribution in [0.15, 0.2) is 28.7 Å². The van der Waals surface area contributed by atoms with Crippen LogP contribution in [0.2, 0.25) is 0 Å². The molecule has 1 aromatic carbocycles. The van der Waals surface area contributed by atoms with Crippen molar-refractivity contribution >= 4 is 22.8 Å². The first-order valence-electron chi connectivity index (χ1n) is 9.36. The van der Waals surface area contributed by atoms with Crippen LogP contribution in [0.25, 0.3) is 11.0 Å². The monoisotopic (exact) mass is 356 g/mol. The Morgan fingerprint density at radius 2 is 1.88 bits per heavy atom. The van der Waals surface area contributed by atoms with Gasteiger partial charge in [0.05, 0.1) is 6.61 Å². The Hall–Kier alpha value is -2.34. The smallest absolute Gasteiger partial charge is 0.374 e. The number of carbonyl (C=O) groups is 2. The third kappa shape index (κ3) is 3.33. The van der Waals surface area contributed by atoms with Crippen LogP contribution in [-0.4, -0.2) is 54.5 Å². The van der Waals surface area contributed by atoms with Gasteiger partial charge in [0.2, 0.25) is 11.7 Å². The topological polar surface area (TPSA) is 63.0 Å². The summed E-state index contributed by atoms with van der Waals surface area (Å²) in [7, 11) is 0. The highest BCUT2D eigenvalue weighted by atomic mass is 16.5. The van der Waals surface area contributed by atoms with E-state index in [9.17, 15) is 9.59 Å². The second-order valence-electron chi connectivity index (χ2n) is 7.00. The summed E-state index contributed by atoms with van der Waals surface area (Å²) >= 11 is 0. The van der Waals surface area contributed by atoms with Gasteiger partial charge in [0, 0.05) is 49.6 Å². The summed E-state index contributed by atoms with van der Waals surface area (Å²) in [6, 6.07) is 7.69. The number of hydrogen-bond acceptors (Lipinski definition) is 5. The molecule has 4 rings (SSSR count). The van der Waals surface area contributed by atoms with Crippen molar-refractivity contribution in [2.24, 2.45) is 5.92 Å². The van der Waals surface area contributed by atoms with Gasteiger partial charge in [0.1, 0.15) is 5.58 Å². The highest BCUT2D eigenvalue weighted by molar-refractivity contribution is 5.96. The minimum absolute atomic E-state index is 0.273. The van der Waals surface area contributed by atoms with Gasteiger partial charge in [-0.25, -0.2) is 4.79 Å². The van der Waals surface area contributed by atoms with Gasteiger partial charge >= 0.3 is 5.97 Å². The van der Waals surface area contributed by atoms with Crippen LogP contribution >= 0.6 is 0 Å². The Morgan fingerprint density at radius 3 is 2.58 bits per heavy atom. The number of para-hydroxylation sites is 1. The van der Waals surface area contributed by atoms with E-state index in [1.807, 2.05) is 29.2 Å². The molecule has 6 nitrogen and oxygen atoms in total. The van der Waals surface area contributed by atoms with Gasteiger partial charge in [-0.3, -0.25) is 9.69 Å². The summed E-state index contributed by atoms with van der Waals surface area (Å²) in [5, 5.41) is 0.951. The van der Waals surface area contributed by atoms with Gasteiger partial charge in [-0.05, 0) is 25.8 Å². The van der Waals surface area contributed by atoms with Crippen molar-refractivity contribution in [2.45, 2.75) is 26.3 Å². The van der Waals surface area contributed by atoms with E-state index in [1.54, 1.807) is 6.92 Å². The average Bonchev–Trinajstić information content (AvgIpc) is 3.45. The van der Waals surface area contributed by atoms with Crippen LogP contribution in [0.3, 0.4) is 0 Å². The number of hydrogen-bond donors (Lipinski definition) is 0. The van der Waals surface area contributed by atoms with Crippen LogP contribution < -0.4 is 0 Å². The Kier molecular flexibility index (Phi) is 4.68. The molecule has 2 heterocycles. The maximum absolute atomic E-state index is 12.3. The maximum Gasteiger partial charge on any atom is 0.374 e. The normalized spacial score (nSPS) is 18.3. The third-order valence-corrected chi connectivity index (χ3v) is 5.15. The van der Waals surface area contributed by atoms with E-state index in [-0.39, 0.29) is 5.92 Å². The van der Waals surface area contributed by atoms with E-state index in [0.717, 1.165) is 50.0 Å². The van der Waals surface area contributed by atoms with Crippen molar-refractivity contribution in [1.29, 1.82) is 0 Å². The number of ether oxygens (including phenoxy) is 1. The predicted octanol–water partition coefficient (Wildman–Crippen LogP) is 2.66. The van der Waals surface area contributed by atoms with E-state index in [0.29, 0.717) is 30.4 Å². The van der Waals surface area contributed by atoms with E-state index in [2.05, 4.69) is 4.90 Å². The molecule has 0 unspecified atom stereocenters. The summed E-state index contributed by atoms with van der Waals surface area (Å²) in [5.74, 6) is 0.464. The van der Waals surface area contributed by atoms with Crippen LogP contribution in [0.4, 0.5) is 0 Å². The Bertz CT molecular complexity index is 816. The standard InChI is InChI=1S/C20H24N2O4/c1-2-25-20(24)18-16(15-5-3-4-6-17(15)26-18)13-21-9-11-22(12-10-21)19(23)14-7-8-14/h3-6,14H,2,7-13H2,1H3. The van der Waals surface area contributed by atoms with Crippen molar-refractivity contribution in [2.75, 3.05) is 32.8 Å². The number of esters is 1. The summed E-state index contributed by atoms with van der Waals surface area (Å²) < 4.78 is 11.0. The molecule has 0 radical (unpaired) electrons. The number of fused-ring (bicyclic) bond motifs is 1. The molecule has 2 fully saturated rings. The molecule has 1 saturated heterocycles. The zero-order valence-corrected chi connectivity index (χ0v) is 15.1. The molecule has 2 aliphatic rings. The molecule has 138 valence electrons. The van der Waals surface area contributed by atoms with E-state index in [1.165, 1.54) is 0 Å². The van der Waals surface area contributed by atoms with Gasteiger partial charge in [0.15, 0.2) is 0 Å². The quantitative estimate of drug-likeness (QED) is 0.771. The molecule has 26 heavy (non-hydrogen) atoms. The minimum atomic E-state index is -0.416. The molecule has 1 amide bonds. The average molecular weight is 356 g/mol. The molecule has 6 heteroatoms. The number of amides is 1. The first-order chi connectivity index (χ1) is 12.7. The second-order valence-corrected chi connectivity index (χ2v) is 7.00. The number of carbonyl (C=O) groups excluding carboxylic acids is 2. The number of piperazine rings is 1. The maximum atomic E-state index is 12.3. The molecule has 1 aliphatic heterocycles. The van der Waals surface area contributed by atoms with Crippen molar-refractivity contribution in [3.63, 3.8) is 0 Å². The second kappa shape index (κ2) is 7.11.